The van der Waals surface area contributed by atoms with Crippen molar-refractivity contribution in [3.8, 4) is 5.75 Å². The second-order valence-corrected chi connectivity index (χ2v) is 6.15. The molecule has 26 heavy (non-hydrogen) atoms. The normalized spacial score (nSPS) is 10.1. The van der Waals surface area contributed by atoms with Crippen molar-refractivity contribution >= 4 is 35.2 Å². The predicted octanol–water partition coefficient (Wildman–Crippen LogP) is 1.73. The summed E-state index contributed by atoms with van der Waals surface area (Å²) >= 11 is 1.13. The Hall–Kier alpha value is -2.94. The third kappa shape index (κ3) is 5.85. The fraction of sp³-hybridized carbons (Fsp3) is 0.235. The minimum Gasteiger partial charge on any atom is -0.497 e. The molecule has 8 nitrogen and oxygen atoms in total. The lowest BCUT2D eigenvalue weighted by molar-refractivity contribution is -0.119. The van der Waals surface area contributed by atoms with Gasteiger partial charge in [0.2, 0.25) is 11.8 Å². The minimum atomic E-state index is -0.466. The lowest BCUT2D eigenvalue weighted by atomic mass is 10.2. The van der Waals surface area contributed by atoms with Gasteiger partial charge < -0.3 is 14.5 Å². The third-order valence-corrected chi connectivity index (χ3v) is 4.19. The van der Waals surface area contributed by atoms with Crippen LogP contribution >= 0.6 is 11.8 Å². The molecule has 0 fully saturated rings. The highest BCUT2D eigenvalue weighted by molar-refractivity contribution is 8.00. The van der Waals surface area contributed by atoms with Crippen LogP contribution in [0.15, 0.2) is 41.0 Å². The number of rotatable bonds is 7. The smallest absolute Gasteiger partial charge is 0.273 e. The average Bonchev–Trinajstić information content (AvgIpc) is 3.06. The van der Waals surface area contributed by atoms with Crippen molar-refractivity contribution in [1.82, 2.24) is 10.9 Å². The Morgan fingerprint density at radius 1 is 1.04 bits per heavy atom. The largest absolute Gasteiger partial charge is 0.497 e. The maximum absolute atomic E-state index is 11.8. The summed E-state index contributed by atoms with van der Waals surface area (Å²) in [4.78, 5) is 35.3. The minimum absolute atomic E-state index is 0.0285. The predicted molar refractivity (Wildman–Crippen MR) is 98.0 cm³/mol. The highest BCUT2D eigenvalue weighted by atomic mass is 32.2. The van der Waals surface area contributed by atoms with Crippen LogP contribution in [0.2, 0.25) is 0 Å². The second kappa shape index (κ2) is 9.52. The van der Waals surface area contributed by atoms with Gasteiger partial charge in [-0.1, -0.05) is 0 Å². The van der Waals surface area contributed by atoms with Crippen LogP contribution in [-0.2, 0) is 9.59 Å². The molecular weight excluding hydrogens is 358 g/mol. The average molecular weight is 377 g/mol. The van der Waals surface area contributed by atoms with Crippen molar-refractivity contribution in [2.24, 2.45) is 0 Å². The van der Waals surface area contributed by atoms with Crippen LogP contribution in [0.4, 0.5) is 5.69 Å². The van der Waals surface area contributed by atoms with Crippen LogP contribution in [0.3, 0.4) is 0 Å². The summed E-state index contributed by atoms with van der Waals surface area (Å²) in [6.07, 6.45) is 1.39. The Balaban J connectivity index is 1.65. The molecule has 0 aliphatic heterocycles. The molecular formula is C17H19N3O5S. The van der Waals surface area contributed by atoms with Crippen LogP contribution in [0.5, 0.6) is 5.75 Å². The number of nitrogens with one attached hydrogen (secondary N) is 3. The van der Waals surface area contributed by atoms with Gasteiger partial charge in [-0.2, -0.15) is 0 Å². The first-order valence-electron chi connectivity index (χ1n) is 7.64. The van der Waals surface area contributed by atoms with Gasteiger partial charge in [0, 0.05) is 5.69 Å². The van der Waals surface area contributed by atoms with E-state index >= 15 is 0 Å². The van der Waals surface area contributed by atoms with E-state index in [0.29, 0.717) is 22.8 Å². The van der Waals surface area contributed by atoms with E-state index in [1.165, 1.54) is 12.3 Å². The van der Waals surface area contributed by atoms with Crippen molar-refractivity contribution in [2.45, 2.75) is 6.92 Å². The van der Waals surface area contributed by atoms with Gasteiger partial charge in [-0.25, -0.2) is 0 Å². The standard InChI is InChI=1S/C17H19N3O5S/c1-11-14(7-8-25-11)17(23)20-19-16(22)10-26-9-15(21)18-12-3-5-13(24-2)6-4-12/h3-8H,9-10H2,1-2H3,(H,18,21)(H,19,22)(H,20,23). The van der Waals surface area contributed by atoms with E-state index in [4.69, 9.17) is 9.15 Å². The molecule has 0 bridgehead atoms. The summed E-state index contributed by atoms with van der Waals surface area (Å²) in [5.74, 6) is 0.178. The number of ether oxygens (including phenoxy) is 1. The van der Waals surface area contributed by atoms with E-state index < -0.39 is 11.8 Å². The van der Waals surface area contributed by atoms with Crippen molar-refractivity contribution < 1.29 is 23.5 Å². The summed E-state index contributed by atoms with van der Waals surface area (Å²) < 4.78 is 10.1. The number of carbonyl (C=O) groups is 3. The fourth-order valence-electron chi connectivity index (χ4n) is 1.96. The van der Waals surface area contributed by atoms with E-state index in [9.17, 15) is 14.4 Å². The van der Waals surface area contributed by atoms with Crippen molar-refractivity contribution in [1.29, 1.82) is 0 Å². The summed E-state index contributed by atoms with van der Waals surface area (Å²) in [5.41, 5.74) is 5.56. The maximum Gasteiger partial charge on any atom is 0.273 e. The highest BCUT2D eigenvalue weighted by Crippen LogP contribution is 2.15. The number of anilines is 1. The van der Waals surface area contributed by atoms with E-state index in [0.717, 1.165) is 11.8 Å². The Morgan fingerprint density at radius 2 is 1.73 bits per heavy atom. The first-order valence-corrected chi connectivity index (χ1v) is 8.80. The molecule has 1 aromatic heterocycles. The highest BCUT2D eigenvalue weighted by Gasteiger charge is 2.12. The number of furan rings is 1. The van der Waals surface area contributed by atoms with Crippen LogP contribution in [-0.4, -0.2) is 36.3 Å². The molecule has 9 heteroatoms. The zero-order valence-electron chi connectivity index (χ0n) is 14.3. The Bertz CT molecular complexity index is 773. The van der Waals surface area contributed by atoms with Gasteiger partial charge in [0.15, 0.2) is 0 Å². The molecule has 0 atom stereocenters. The molecule has 3 amide bonds. The van der Waals surface area contributed by atoms with Gasteiger partial charge in [0.1, 0.15) is 11.5 Å². The van der Waals surface area contributed by atoms with Gasteiger partial charge in [-0.15, -0.1) is 11.8 Å². The molecule has 0 saturated heterocycles. The van der Waals surface area contributed by atoms with E-state index in [2.05, 4.69) is 16.2 Å². The number of benzene rings is 1. The topological polar surface area (TPSA) is 110 Å². The first-order chi connectivity index (χ1) is 12.5. The van der Waals surface area contributed by atoms with Crippen molar-refractivity contribution in [2.75, 3.05) is 23.9 Å². The Morgan fingerprint density at radius 3 is 2.35 bits per heavy atom. The van der Waals surface area contributed by atoms with Crippen LogP contribution < -0.4 is 20.9 Å². The maximum atomic E-state index is 11.8. The summed E-state index contributed by atoms with van der Waals surface area (Å²) in [5, 5.41) is 2.71. The Kier molecular flexibility index (Phi) is 7.10. The molecule has 0 radical (unpaired) electrons. The summed E-state index contributed by atoms with van der Waals surface area (Å²) in [7, 11) is 1.56. The fourth-order valence-corrected chi connectivity index (χ4v) is 2.58. The number of carbonyl (C=O) groups excluding carboxylic acids is 3. The number of aryl methyl sites for hydroxylation is 1. The number of methoxy groups -OCH3 is 1. The molecule has 0 spiro atoms. The van der Waals surface area contributed by atoms with Gasteiger partial charge >= 0.3 is 0 Å². The SMILES string of the molecule is COc1ccc(NC(=O)CSCC(=O)NNC(=O)c2ccoc2C)cc1. The molecule has 0 unspecified atom stereocenters. The third-order valence-electron chi connectivity index (χ3n) is 3.26. The molecule has 138 valence electrons. The van der Waals surface area contributed by atoms with Gasteiger partial charge in [0.25, 0.3) is 5.91 Å². The number of hydrogen-bond donors (Lipinski definition) is 3. The molecule has 2 aromatic rings. The number of hydrazine groups is 1. The lowest BCUT2D eigenvalue weighted by Gasteiger charge is -2.08. The van der Waals surface area contributed by atoms with Crippen LogP contribution in [0.25, 0.3) is 0 Å². The zero-order chi connectivity index (χ0) is 18.9. The monoisotopic (exact) mass is 377 g/mol. The van der Waals surface area contributed by atoms with E-state index in [1.807, 2.05) is 0 Å². The van der Waals surface area contributed by atoms with E-state index in [-0.39, 0.29) is 17.4 Å². The molecule has 3 N–H and O–H groups in total. The first kappa shape index (κ1) is 19.4. The van der Waals surface area contributed by atoms with Crippen molar-refractivity contribution in [3.05, 3.63) is 47.9 Å². The molecule has 0 saturated carbocycles. The van der Waals surface area contributed by atoms with Crippen LogP contribution in [0, 0.1) is 6.92 Å². The molecule has 2 rings (SSSR count). The van der Waals surface area contributed by atoms with Gasteiger partial charge in [-0.05, 0) is 37.3 Å². The zero-order valence-corrected chi connectivity index (χ0v) is 15.1. The lowest BCUT2D eigenvalue weighted by Crippen LogP contribution is -2.42. The summed E-state index contributed by atoms with van der Waals surface area (Å²) in [6.45, 7) is 1.65. The molecule has 1 heterocycles. The number of amides is 3. The van der Waals surface area contributed by atoms with E-state index in [1.54, 1.807) is 38.3 Å². The second-order valence-electron chi connectivity index (χ2n) is 5.16. The van der Waals surface area contributed by atoms with Gasteiger partial charge in [0.05, 0.1) is 30.4 Å². The quantitative estimate of drug-likeness (QED) is 0.634. The molecule has 1 aromatic carbocycles. The van der Waals surface area contributed by atoms with Crippen LogP contribution in [0.1, 0.15) is 16.1 Å². The Labute approximate surface area is 154 Å². The number of thioether (sulfide) groups is 1. The number of hydrogen-bond acceptors (Lipinski definition) is 6. The summed E-state index contributed by atoms with van der Waals surface area (Å²) in [6, 6.07) is 8.43. The van der Waals surface area contributed by atoms with Crippen molar-refractivity contribution in [3.63, 3.8) is 0 Å². The molecule has 0 aliphatic carbocycles. The van der Waals surface area contributed by atoms with Gasteiger partial charge in [-0.3, -0.25) is 25.2 Å². The molecule has 0 aliphatic rings.